The van der Waals surface area contributed by atoms with Crippen LogP contribution >= 0.6 is 11.6 Å². The number of aliphatic imine (C=N–C) groups is 1. The Morgan fingerprint density at radius 2 is 1.47 bits per heavy atom. The van der Waals surface area contributed by atoms with E-state index in [1.807, 2.05) is 0 Å². The van der Waals surface area contributed by atoms with Crippen molar-refractivity contribution < 1.29 is 38.6 Å². The van der Waals surface area contributed by atoms with Crippen LogP contribution in [-0.4, -0.2) is 58.8 Å². The number of nitrogens with one attached hydrogen (secondary N) is 4. The van der Waals surface area contributed by atoms with Gasteiger partial charge in [-0.25, -0.2) is 14.6 Å². The number of para-hydroxylation sites is 1. The molecular weight excluding hydrogens is 582 g/mol. The van der Waals surface area contributed by atoms with Gasteiger partial charge in [0.2, 0.25) is 11.9 Å². The van der Waals surface area contributed by atoms with Crippen molar-refractivity contribution in [3.8, 4) is 0 Å². The SMILES string of the molecule is CC(C)(C)OC(=O)NC(=Nc1ccc(Cl)c(C(=O)NCC(=O)Nc2ccccc2CCC(=O)O)c1)NC(=O)OC(C)(C)C. The van der Waals surface area contributed by atoms with E-state index in [4.69, 9.17) is 26.2 Å². The highest BCUT2D eigenvalue weighted by Crippen LogP contribution is 2.23. The van der Waals surface area contributed by atoms with Crippen LogP contribution in [0.25, 0.3) is 0 Å². The van der Waals surface area contributed by atoms with Gasteiger partial charge in [0.05, 0.1) is 22.8 Å². The predicted octanol–water partition coefficient (Wildman–Crippen LogP) is 4.76. The molecule has 13 nitrogen and oxygen atoms in total. The fourth-order valence-corrected chi connectivity index (χ4v) is 3.53. The minimum Gasteiger partial charge on any atom is -0.481 e. The van der Waals surface area contributed by atoms with E-state index in [9.17, 15) is 24.0 Å². The smallest absolute Gasteiger partial charge is 0.414 e. The Morgan fingerprint density at radius 1 is 0.884 bits per heavy atom. The number of guanidine groups is 1. The first-order valence-corrected chi connectivity index (χ1v) is 13.6. The second-order valence-corrected chi connectivity index (χ2v) is 11.6. The van der Waals surface area contributed by atoms with Crippen LogP contribution in [0.3, 0.4) is 0 Å². The molecule has 0 spiro atoms. The van der Waals surface area contributed by atoms with Crippen molar-refractivity contribution >= 4 is 58.9 Å². The normalized spacial score (nSPS) is 11.0. The molecule has 0 fully saturated rings. The van der Waals surface area contributed by atoms with Crippen molar-refractivity contribution in [3.63, 3.8) is 0 Å². The zero-order chi connectivity index (χ0) is 32.4. The number of benzene rings is 2. The molecule has 0 atom stereocenters. The lowest BCUT2D eigenvalue weighted by Crippen LogP contribution is -2.47. The summed E-state index contributed by atoms with van der Waals surface area (Å²) >= 11 is 6.23. The van der Waals surface area contributed by atoms with Crippen molar-refractivity contribution in [2.24, 2.45) is 4.99 Å². The van der Waals surface area contributed by atoms with Gasteiger partial charge in [0.15, 0.2) is 0 Å². The number of aliphatic carboxylic acids is 1. The zero-order valence-corrected chi connectivity index (χ0v) is 25.5. The quantitative estimate of drug-likeness (QED) is 0.207. The van der Waals surface area contributed by atoms with Gasteiger partial charge >= 0.3 is 18.2 Å². The number of amides is 4. The Bertz CT molecular complexity index is 1360. The molecule has 0 bridgehead atoms. The van der Waals surface area contributed by atoms with Crippen LogP contribution in [0.1, 0.15) is 63.9 Å². The number of rotatable bonds is 8. The zero-order valence-electron chi connectivity index (χ0n) is 24.8. The monoisotopic (exact) mass is 617 g/mol. The summed E-state index contributed by atoms with van der Waals surface area (Å²) in [5.41, 5.74) is -0.521. The molecule has 43 heavy (non-hydrogen) atoms. The lowest BCUT2D eigenvalue weighted by molar-refractivity contribution is -0.137. The number of anilines is 1. The Labute approximate surface area is 254 Å². The Morgan fingerprint density at radius 3 is 2.02 bits per heavy atom. The summed E-state index contributed by atoms with van der Waals surface area (Å²) in [4.78, 5) is 65.3. The number of ether oxygens (including phenoxy) is 2. The van der Waals surface area contributed by atoms with Crippen molar-refractivity contribution in [3.05, 3.63) is 58.6 Å². The third-order valence-corrected chi connectivity index (χ3v) is 5.31. The highest BCUT2D eigenvalue weighted by molar-refractivity contribution is 6.34. The van der Waals surface area contributed by atoms with E-state index in [1.165, 1.54) is 18.2 Å². The van der Waals surface area contributed by atoms with Gasteiger partial charge in [-0.05, 0) is 77.8 Å². The predicted molar refractivity (Wildman–Crippen MR) is 161 cm³/mol. The Kier molecular flexibility index (Phi) is 12.1. The van der Waals surface area contributed by atoms with Crippen LogP contribution in [0.5, 0.6) is 0 Å². The molecular formula is C29H36ClN5O8. The molecule has 2 aromatic carbocycles. The molecule has 0 saturated carbocycles. The maximum absolute atomic E-state index is 12.9. The number of carbonyl (C=O) groups excluding carboxylic acids is 4. The van der Waals surface area contributed by atoms with Gasteiger partial charge in [-0.15, -0.1) is 0 Å². The Balaban J connectivity index is 2.19. The Hall–Kier alpha value is -4.65. The van der Waals surface area contributed by atoms with Crippen LogP contribution in [0.15, 0.2) is 47.5 Å². The maximum atomic E-state index is 12.9. The van der Waals surface area contributed by atoms with Gasteiger partial charge in [-0.2, -0.15) is 0 Å². The van der Waals surface area contributed by atoms with Crippen molar-refractivity contribution in [1.82, 2.24) is 16.0 Å². The maximum Gasteiger partial charge on any atom is 0.414 e. The molecule has 2 rings (SSSR count). The van der Waals surface area contributed by atoms with Gasteiger partial charge in [0, 0.05) is 12.1 Å². The number of carbonyl (C=O) groups is 5. The van der Waals surface area contributed by atoms with Crippen LogP contribution in [0.4, 0.5) is 21.0 Å². The number of hydrogen-bond donors (Lipinski definition) is 5. The summed E-state index contributed by atoms with van der Waals surface area (Å²) in [6.07, 6.45) is -1.69. The number of halogens is 1. The average molecular weight is 618 g/mol. The number of aryl methyl sites for hydroxylation is 1. The molecule has 0 radical (unpaired) electrons. The lowest BCUT2D eigenvalue weighted by atomic mass is 10.1. The summed E-state index contributed by atoms with van der Waals surface area (Å²) in [5.74, 6) is -2.55. The minimum absolute atomic E-state index is 0.0357. The number of hydrogen-bond acceptors (Lipinski definition) is 8. The van der Waals surface area contributed by atoms with E-state index in [2.05, 4.69) is 26.3 Å². The molecule has 0 aliphatic rings. The van der Waals surface area contributed by atoms with Crippen molar-refractivity contribution in [1.29, 1.82) is 0 Å². The molecule has 0 heterocycles. The molecule has 0 aliphatic heterocycles. The second-order valence-electron chi connectivity index (χ2n) is 11.2. The molecule has 0 unspecified atom stereocenters. The van der Waals surface area contributed by atoms with Crippen molar-refractivity contribution in [2.75, 3.05) is 11.9 Å². The van der Waals surface area contributed by atoms with E-state index in [0.29, 0.717) is 11.3 Å². The summed E-state index contributed by atoms with van der Waals surface area (Å²) in [5, 5.41) is 18.8. The number of carboxylic acid groups (broad SMARTS) is 1. The number of nitrogens with zero attached hydrogens (tertiary/aromatic N) is 1. The summed E-state index contributed by atoms with van der Waals surface area (Å²) < 4.78 is 10.5. The second kappa shape index (κ2) is 15.0. The van der Waals surface area contributed by atoms with Gasteiger partial charge in [0.25, 0.3) is 5.91 Å². The number of carboxylic acids is 1. The number of alkyl carbamates (subject to hydrolysis) is 2. The van der Waals surface area contributed by atoms with E-state index in [0.717, 1.165) is 0 Å². The molecule has 4 amide bonds. The third-order valence-electron chi connectivity index (χ3n) is 4.98. The first-order valence-electron chi connectivity index (χ1n) is 13.2. The summed E-state index contributed by atoms with van der Waals surface area (Å²) in [6.45, 7) is 9.54. The standard InChI is InChI=1S/C29H36ClN5O8/c1-28(2,3)42-26(40)34-25(35-27(41)43-29(4,5)6)32-18-12-13-20(30)19(15-18)24(39)31-16-22(36)33-21-10-8-7-9-17(21)11-14-23(37)38/h7-10,12-13,15H,11,14,16H2,1-6H3,(H,31,39)(H,33,36)(H,37,38)(H2,32,34,35,40,41). The molecule has 232 valence electrons. The molecule has 0 saturated heterocycles. The van der Waals surface area contributed by atoms with Crippen LogP contribution < -0.4 is 21.3 Å². The van der Waals surface area contributed by atoms with Crippen LogP contribution in [0.2, 0.25) is 5.02 Å². The largest absolute Gasteiger partial charge is 0.481 e. The first kappa shape index (κ1) is 34.6. The lowest BCUT2D eigenvalue weighted by Gasteiger charge is -2.22. The topological polar surface area (TPSA) is 185 Å². The fraction of sp³-hybridized carbons (Fsp3) is 0.379. The highest BCUT2D eigenvalue weighted by Gasteiger charge is 2.22. The van der Waals surface area contributed by atoms with E-state index < -0.39 is 47.7 Å². The van der Waals surface area contributed by atoms with E-state index in [1.54, 1.807) is 65.8 Å². The highest BCUT2D eigenvalue weighted by atomic mass is 35.5. The molecule has 0 aliphatic carbocycles. The summed E-state index contributed by atoms with van der Waals surface area (Å²) in [6, 6.07) is 10.9. The van der Waals surface area contributed by atoms with Gasteiger partial charge in [-0.3, -0.25) is 25.0 Å². The molecule has 2 aromatic rings. The third kappa shape index (κ3) is 13.3. The fourth-order valence-electron chi connectivity index (χ4n) is 3.33. The average Bonchev–Trinajstić information content (AvgIpc) is 2.85. The summed E-state index contributed by atoms with van der Waals surface area (Å²) in [7, 11) is 0. The first-order chi connectivity index (χ1) is 19.9. The van der Waals surface area contributed by atoms with Crippen LogP contribution in [-0.2, 0) is 25.5 Å². The molecule has 5 N–H and O–H groups in total. The molecule has 14 heteroatoms. The van der Waals surface area contributed by atoms with E-state index in [-0.39, 0.29) is 35.1 Å². The van der Waals surface area contributed by atoms with E-state index >= 15 is 0 Å². The van der Waals surface area contributed by atoms with Crippen molar-refractivity contribution in [2.45, 2.75) is 65.6 Å². The molecule has 0 aromatic heterocycles. The minimum atomic E-state index is -0.967. The van der Waals surface area contributed by atoms with Gasteiger partial charge in [0.1, 0.15) is 11.2 Å². The van der Waals surface area contributed by atoms with Gasteiger partial charge in [-0.1, -0.05) is 29.8 Å². The van der Waals surface area contributed by atoms with Crippen LogP contribution in [0, 0.1) is 0 Å². The van der Waals surface area contributed by atoms with Gasteiger partial charge < -0.3 is 25.2 Å².